The van der Waals surface area contributed by atoms with Gasteiger partial charge in [0.25, 0.3) is 0 Å². The number of hydrogen-bond donors (Lipinski definition) is 1. The molecule has 4 nitrogen and oxygen atoms in total. The van der Waals surface area contributed by atoms with Crippen molar-refractivity contribution in [2.45, 2.75) is 51.9 Å². The van der Waals surface area contributed by atoms with Crippen molar-refractivity contribution in [3.63, 3.8) is 0 Å². The SMILES string of the molecule is CC(CC(=O)N1CCC(CN2CCCCC2)C1)C1CCCNC1.Cl.Cl. The zero-order valence-corrected chi connectivity index (χ0v) is 17.4. The Kier molecular flexibility index (Phi) is 10.7. The van der Waals surface area contributed by atoms with Gasteiger partial charge in [-0.1, -0.05) is 13.3 Å². The summed E-state index contributed by atoms with van der Waals surface area (Å²) in [6.45, 7) is 10.3. The highest BCUT2D eigenvalue weighted by atomic mass is 35.5. The van der Waals surface area contributed by atoms with Crippen LogP contribution in [0.2, 0.25) is 0 Å². The summed E-state index contributed by atoms with van der Waals surface area (Å²) in [7, 11) is 0. The van der Waals surface area contributed by atoms with E-state index < -0.39 is 0 Å². The summed E-state index contributed by atoms with van der Waals surface area (Å²) < 4.78 is 0. The molecule has 3 fully saturated rings. The molecule has 25 heavy (non-hydrogen) atoms. The maximum absolute atomic E-state index is 12.6. The lowest BCUT2D eigenvalue weighted by atomic mass is 9.85. The minimum absolute atomic E-state index is 0. The van der Waals surface area contributed by atoms with E-state index in [0.29, 0.717) is 23.7 Å². The van der Waals surface area contributed by atoms with Crippen LogP contribution in [0.3, 0.4) is 0 Å². The highest BCUT2D eigenvalue weighted by Crippen LogP contribution is 2.25. The molecule has 0 aromatic rings. The molecule has 3 heterocycles. The fourth-order valence-corrected chi connectivity index (χ4v) is 4.65. The monoisotopic (exact) mass is 393 g/mol. The minimum atomic E-state index is 0. The molecule has 6 heteroatoms. The molecule has 3 saturated heterocycles. The molecular weight excluding hydrogens is 357 g/mol. The van der Waals surface area contributed by atoms with Crippen molar-refractivity contribution in [1.82, 2.24) is 15.1 Å². The Balaban J connectivity index is 0.00000156. The average molecular weight is 394 g/mol. The van der Waals surface area contributed by atoms with Crippen LogP contribution in [0.25, 0.3) is 0 Å². The van der Waals surface area contributed by atoms with Crippen LogP contribution in [0.1, 0.15) is 51.9 Å². The molecule has 1 N–H and O–H groups in total. The zero-order chi connectivity index (χ0) is 16.1. The molecule has 0 aromatic heterocycles. The number of amides is 1. The predicted octanol–water partition coefficient (Wildman–Crippen LogP) is 3.19. The summed E-state index contributed by atoms with van der Waals surface area (Å²) in [5, 5.41) is 3.48. The lowest BCUT2D eigenvalue weighted by molar-refractivity contribution is -0.131. The maximum Gasteiger partial charge on any atom is 0.222 e. The molecule has 3 rings (SSSR count). The number of halogens is 2. The molecule has 0 radical (unpaired) electrons. The van der Waals surface area contributed by atoms with Crippen LogP contribution >= 0.6 is 24.8 Å². The Morgan fingerprint density at radius 1 is 1.08 bits per heavy atom. The van der Waals surface area contributed by atoms with Crippen molar-refractivity contribution in [3.8, 4) is 0 Å². The lowest BCUT2D eigenvalue weighted by Crippen LogP contribution is -2.38. The number of hydrogen-bond acceptors (Lipinski definition) is 3. The third-order valence-corrected chi connectivity index (χ3v) is 6.24. The molecule has 3 aliphatic rings. The predicted molar refractivity (Wildman–Crippen MR) is 109 cm³/mol. The van der Waals surface area contributed by atoms with E-state index in [0.717, 1.165) is 32.6 Å². The Morgan fingerprint density at radius 3 is 2.52 bits per heavy atom. The van der Waals surface area contributed by atoms with Gasteiger partial charge in [-0.3, -0.25) is 4.79 Å². The topological polar surface area (TPSA) is 35.6 Å². The number of nitrogens with one attached hydrogen (secondary N) is 1. The van der Waals surface area contributed by atoms with E-state index in [1.807, 2.05) is 0 Å². The summed E-state index contributed by atoms with van der Waals surface area (Å²) in [6.07, 6.45) is 8.65. The van der Waals surface area contributed by atoms with E-state index in [9.17, 15) is 4.79 Å². The largest absolute Gasteiger partial charge is 0.342 e. The molecule has 0 aliphatic carbocycles. The van der Waals surface area contributed by atoms with Gasteiger partial charge in [-0.25, -0.2) is 0 Å². The van der Waals surface area contributed by atoms with Gasteiger partial charge in [-0.05, 0) is 76.0 Å². The molecule has 0 spiro atoms. The second kappa shape index (κ2) is 11.6. The first-order chi connectivity index (χ1) is 11.2. The van der Waals surface area contributed by atoms with Gasteiger partial charge in [0, 0.05) is 26.1 Å². The highest BCUT2D eigenvalue weighted by molar-refractivity contribution is 5.85. The molecule has 0 saturated carbocycles. The Labute approximate surface area is 166 Å². The number of carbonyl (C=O) groups is 1. The van der Waals surface area contributed by atoms with E-state index >= 15 is 0 Å². The quantitative estimate of drug-likeness (QED) is 0.778. The molecular formula is C19H37Cl2N3O. The first-order valence-corrected chi connectivity index (χ1v) is 9.93. The van der Waals surface area contributed by atoms with Crippen molar-refractivity contribution in [2.24, 2.45) is 17.8 Å². The Bertz CT molecular complexity index is 385. The Morgan fingerprint density at radius 2 is 1.84 bits per heavy atom. The molecule has 148 valence electrons. The molecule has 0 aromatic carbocycles. The molecule has 3 unspecified atom stereocenters. The fourth-order valence-electron chi connectivity index (χ4n) is 4.65. The molecule has 0 bridgehead atoms. The minimum Gasteiger partial charge on any atom is -0.342 e. The zero-order valence-electron chi connectivity index (χ0n) is 15.8. The summed E-state index contributed by atoms with van der Waals surface area (Å²) in [5.41, 5.74) is 0. The first-order valence-electron chi connectivity index (χ1n) is 9.93. The van der Waals surface area contributed by atoms with Crippen molar-refractivity contribution in [1.29, 1.82) is 0 Å². The van der Waals surface area contributed by atoms with Crippen molar-refractivity contribution in [2.75, 3.05) is 45.8 Å². The standard InChI is InChI=1S/C19H35N3O.2ClH/c1-16(18-6-5-8-20-13-18)12-19(23)22-11-7-17(15-22)14-21-9-3-2-4-10-21;;/h16-18,20H,2-15H2,1H3;2*1H. The van der Waals surface area contributed by atoms with E-state index in [4.69, 9.17) is 0 Å². The second-order valence-electron chi connectivity index (χ2n) is 8.14. The van der Waals surface area contributed by atoms with Crippen molar-refractivity contribution in [3.05, 3.63) is 0 Å². The van der Waals surface area contributed by atoms with Crippen LogP contribution in [0.15, 0.2) is 0 Å². The first kappa shape index (κ1) is 23.0. The highest BCUT2D eigenvalue weighted by Gasteiger charge is 2.30. The van der Waals surface area contributed by atoms with Crippen LogP contribution in [-0.2, 0) is 4.79 Å². The maximum atomic E-state index is 12.6. The summed E-state index contributed by atoms with van der Waals surface area (Å²) >= 11 is 0. The third-order valence-electron chi connectivity index (χ3n) is 6.24. The summed E-state index contributed by atoms with van der Waals surface area (Å²) in [5.74, 6) is 2.34. The van der Waals surface area contributed by atoms with Gasteiger partial charge < -0.3 is 15.1 Å². The summed E-state index contributed by atoms with van der Waals surface area (Å²) in [6, 6.07) is 0. The van der Waals surface area contributed by atoms with Crippen LogP contribution in [0.5, 0.6) is 0 Å². The van der Waals surface area contributed by atoms with Gasteiger partial charge in [-0.15, -0.1) is 24.8 Å². The number of rotatable bonds is 5. The smallest absolute Gasteiger partial charge is 0.222 e. The fraction of sp³-hybridized carbons (Fsp3) is 0.947. The van der Waals surface area contributed by atoms with Gasteiger partial charge in [0.15, 0.2) is 0 Å². The van der Waals surface area contributed by atoms with Gasteiger partial charge >= 0.3 is 0 Å². The number of likely N-dealkylation sites (tertiary alicyclic amines) is 2. The van der Waals surface area contributed by atoms with Gasteiger partial charge in [0.2, 0.25) is 5.91 Å². The third kappa shape index (κ3) is 6.89. The number of nitrogens with zero attached hydrogens (tertiary/aromatic N) is 2. The number of piperidine rings is 2. The van der Waals surface area contributed by atoms with E-state index in [-0.39, 0.29) is 24.8 Å². The average Bonchev–Trinajstić information content (AvgIpc) is 3.05. The van der Waals surface area contributed by atoms with Gasteiger partial charge in [-0.2, -0.15) is 0 Å². The molecule has 1 amide bonds. The lowest BCUT2D eigenvalue weighted by Gasteiger charge is -2.30. The van der Waals surface area contributed by atoms with Crippen molar-refractivity contribution >= 4 is 30.7 Å². The van der Waals surface area contributed by atoms with E-state index in [1.54, 1.807) is 0 Å². The Hall–Kier alpha value is -0.0300. The normalized spacial score (nSPS) is 28.8. The van der Waals surface area contributed by atoms with Crippen molar-refractivity contribution < 1.29 is 4.79 Å². The van der Waals surface area contributed by atoms with Crippen LogP contribution in [-0.4, -0.2) is 61.5 Å². The molecule has 3 atom stereocenters. The van der Waals surface area contributed by atoms with Crippen LogP contribution < -0.4 is 5.32 Å². The number of carbonyl (C=O) groups excluding carboxylic acids is 1. The van der Waals surface area contributed by atoms with Crippen LogP contribution in [0.4, 0.5) is 0 Å². The van der Waals surface area contributed by atoms with E-state index in [1.165, 1.54) is 58.2 Å². The van der Waals surface area contributed by atoms with Crippen LogP contribution in [0, 0.1) is 17.8 Å². The summed E-state index contributed by atoms with van der Waals surface area (Å²) in [4.78, 5) is 17.4. The van der Waals surface area contributed by atoms with Gasteiger partial charge in [0.05, 0.1) is 0 Å². The van der Waals surface area contributed by atoms with E-state index in [2.05, 4.69) is 22.0 Å². The second-order valence-corrected chi connectivity index (χ2v) is 8.14. The van der Waals surface area contributed by atoms with Gasteiger partial charge in [0.1, 0.15) is 0 Å². The molecule has 3 aliphatic heterocycles.